The number of amides is 2. The van der Waals surface area contributed by atoms with Crippen molar-refractivity contribution in [2.24, 2.45) is 17.4 Å². The number of hydrogen-bond acceptors (Lipinski definition) is 9. The molecule has 12 nitrogen and oxygen atoms in total. The molecule has 2 amide bonds. The molecular formula is C26H45N5O7. The van der Waals surface area contributed by atoms with Crippen molar-refractivity contribution in [3.8, 4) is 0 Å². The Morgan fingerprint density at radius 3 is 1.97 bits per heavy atom. The van der Waals surface area contributed by atoms with Gasteiger partial charge in [0.15, 0.2) is 5.78 Å². The summed E-state index contributed by atoms with van der Waals surface area (Å²) in [6.45, 7) is 6.48. The van der Waals surface area contributed by atoms with E-state index in [-0.39, 0.29) is 24.8 Å². The highest BCUT2D eigenvalue weighted by molar-refractivity contribution is 5.92. The van der Waals surface area contributed by atoms with Gasteiger partial charge in [-0.25, -0.2) is 0 Å². The first-order valence-electron chi connectivity index (χ1n) is 12.9. The number of nitrogens with two attached hydrogens (primary N) is 2. The van der Waals surface area contributed by atoms with E-state index in [1.165, 1.54) is 0 Å². The molecule has 0 unspecified atom stereocenters. The number of carbonyl (C=O) groups is 6. The Kier molecular flexibility index (Phi) is 16.2. The quantitative estimate of drug-likeness (QED) is 0.0651. The number of rotatable bonds is 21. The molecule has 0 aliphatic carbocycles. The number of aliphatic carboxylic acids is 1. The third kappa shape index (κ3) is 14.1. The Hall–Kier alpha value is -2.96. The van der Waals surface area contributed by atoms with Gasteiger partial charge in [0.2, 0.25) is 11.8 Å². The average Bonchev–Trinajstić information content (AvgIpc) is 2.83. The molecule has 0 aromatic heterocycles. The van der Waals surface area contributed by atoms with Crippen LogP contribution in [0.25, 0.3) is 0 Å². The van der Waals surface area contributed by atoms with Crippen molar-refractivity contribution in [1.29, 1.82) is 0 Å². The van der Waals surface area contributed by atoms with E-state index < -0.39 is 47.4 Å². The third-order valence-corrected chi connectivity index (χ3v) is 6.14. The van der Waals surface area contributed by atoms with E-state index in [0.717, 1.165) is 0 Å². The van der Waals surface area contributed by atoms with Crippen LogP contribution in [0, 0.1) is 5.92 Å². The van der Waals surface area contributed by atoms with Gasteiger partial charge in [-0.05, 0) is 58.3 Å². The summed E-state index contributed by atoms with van der Waals surface area (Å²) in [7, 11) is 0. The van der Waals surface area contributed by atoms with Gasteiger partial charge >= 0.3 is 5.97 Å². The summed E-state index contributed by atoms with van der Waals surface area (Å²) < 4.78 is 0. The Morgan fingerprint density at radius 1 is 0.947 bits per heavy atom. The number of Topliss-reactive ketones (excluding diaryl/α,β-unsaturated/α-hetero) is 1. The number of carbonyl (C=O) groups excluding carboxylic acids is 5. The monoisotopic (exact) mass is 539 g/mol. The first kappa shape index (κ1) is 35.0. The molecular weight excluding hydrogens is 494 g/mol. The Balaban J connectivity index is 4.44. The predicted octanol–water partition coefficient (Wildman–Crippen LogP) is -0.0252. The lowest BCUT2D eigenvalue weighted by atomic mass is 9.90. The van der Waals surface area contributed by atoms with Crippen LogP contribution in [0.15, 0.2) is 12.2 Å². The molecule has 0 aromatic carbocycles. The normalized spacial score (nSPS) is 16.2. The number of carboxylic acid groups (broad SMARTS) is 1. The summed E-state index contributed by atoms with van der Waals surface area (Å²) in [5, 5.41) is 16.5. The summed E-state index contributed by atoms with van der Waals surface area (Å²) in [6.07, 6.45) is 8.05. The van der Waals surface area contributed by atoms with Crippen LogP contribution < -0.4 is 27.4 Å². The fraction of sp³-hybridized carbons (Fsp3) is 0.692. The number of carboxylic acids is 1. The van der Waals surface area contributed by atoms with Crippen molar-refractivity contribution < 1.29 is 33.9 Å². The standard InChI is InChI=1S/C26H45N5O7/c1-18(2)22(23(37)29-13-14-32)31-24(38)26(4,28)12-10-8-6-5-7-9-11-25(3,27)20(34)16-30-19(17-33)15-21(35)36/h5-6,14,17-19,22,30H,7-13,15-16,27-28H2,1-4H3,(H,29,37)(H,31,38)(H,35,36)/b6-5-/t19-,22-,25-,26-/m0/s1. The zero-order chi connectivity index (χ0) is 29.4. The van der Waals surface area contributed by atoms with Crippen LogP contribution in [-0.2, 0) is 28.8 Å². The lowest BCUT2D eigenvalue weighted by Crippen LogP contribution is -2.58. The fourth-order valence-electron chi connectivity index (χ4n) is 3.54. The maximum atomic E-state index is 12.7. The Morgan fingerprint density at radius 2 is 1.50 bits per heavy atom. The molecule has 0 fully saturated rings. The Labute approximate surface area is 224 Å². The van der Waals surface area contributed by atoms with Crippen LogP contribution in [0.2, 0.25) is 0 Å². The number of aldehydes is 2. The summed E-state index contributed by atoms with van der Waals surface area (Å²) in [5.74, 6) is -2.50. The number of nitrogens with one attached hydrogen (secondary N) is 3. The minimum absolute atomic E-state index is 0.126. The van der Waals surface area contributed by atoms with Crippen LogP contribution >= 0.6 is 0 Å². The topological polar surface area (TPSA) is 211 Å². The number of unbranched alkanes of at least 4 members (excludes halogenated alkanes) is 2. The van der Waals surface area contributed by atoms with Crippen LogP contribution in [0.4, 0.5) is 0 Å². The second-order valence-corrected chi connectivity index (χ2v) is 10.3. The lowest BCUT2D eigenvalue weighted by Gasteiger charge is -2.28. The molecule has 0 rings (SSSR count). The van der Waals surface area contributed by atoms with E-state index in [9.17, 15) is 28.8 Å². The summed E-state index contributed by atoms with van der Waals surface area (Å²) in [6, 6.07) is -1.74. The predicted molar refractivity (Wildman–Crippen MR) is 143 cm³/mol. The maximum Gasteiger partial charge on any atom is 0.305 e. The zero-order valence-corrected chi connectivity index (χ0v) is 23.0. The minimum Gasteiger partial charge on any atom is -0.481 e. The zero-order valence-electron chi connectivity index (χ0n) is 23.0. The molecule has 12 heteroatoms. The molecule has 0 radical (unpaired) electrons. The number of ketones is 1. The van der Waals surface area contributed by atoms with Crippen molar-refractivity contribution in [2.75, 3.05) is 13.1 Å². The molecule has 0 bridgehead atoms. The van der Waals surface area contributed by atoms with Crippen molar-refractivity contribution >= 4 is 36.1 Å². The highest BCUT2D eigenvalue weighted by Gasteiger charge is 2.32. The number of allylic oxidation sites excluding steroid dienone is 2. The maximum absolute atomic E-state index is 12.7. The highest BCUT2D eigenvalue weighted by atomic mass is 16.4. The van der Waals surface area contributed by atoms with Gasteiger partial charge in [-0.2, -0.15) is 0 Å². The molecule has 4 atom stereocenters. The summed E-state index contributed by atoms with van der Waals surface area (Å²) in [4.78, 5) is 69.3. The Bertz CT molecular complexity index is 840. The van der Waals surface area contributed by atoms with Gasteiger partial charge in [0, 0.05) is 0 Å². The fourth-order valence-corrected chi connectivity index (χ4v) is 3.54. The van der Waals surface area contributed by atoms with E-state index >= 15 is 0 Å². The molecule has 0 saturated carbocycles. The molecule has 0 heterocycles. The van der Waals surface area contributed by atoms with Crippen LogP contribution in [-0.4, -0.2) is 77.5 Å². The van der Waals surface area contributed by atoms with Gasteiger partial charge in [-0.3, -0.25) is 19.2 Å². The van der Waals surface area contributed by atoms with Gasteiger partial charge < -0.3 is 42.1 Å². The van der Waals surface area contributed by atoms with E-state index in [1.807, 2.05) is 12.2 Å². The molecule has 0 saturated heterocycles. The van der Waals surface area contributed by atoms with E-state index in [0.29, 0.717) is 51.1 Å². The van der Waals surface area contributed by atoms with Gasteiger partial charge in [-0.15, -0.1) is 0 Å². The molecule has 216 valence electrons. The first-order valence-corrected chi connectivity index (χ1v) is 12.9. The molecule has 0 aliphatic heterocycles. The molecule has 38 heavy (non-hydrogen) atoms. The average molecular weight is 540 g/mol. The largest absolute Gasteiger partial charge is 0.481 e. The van der Waals surface area contributed by atoms with Crippen molar-refractivity contribution in [3.05, 3.63) is 12.2 Å². The SMILES string of the molecule is CC(C)[C@H](NC(=O)[C@@](C)(N)CCC/C=C\CCC[C@](C)(N)C(=O)CN[C@H](C=O)CC(=O)O)C(=O)NCC=O. The molecule has 0 aliphatic rings. The van der Waals surface area contributed by atoms with E-state index in [2.05, 4.69) is 16.0 Å². The smallest absolute Gasteiger partial charge is 0.305 e. The summed E-state index contributed by atoms with van der Waals surface area (Å²) in [5.41, 5.74) is 10.0. The lowest BCUT2D eigenvalue weighted by molar-refractivity contribution is -0.138. The van der Waals surface area contributed by atoms with Gasteiger partial charge in [0.05, 0.1) is 36.6 Å². The van der Waals surface area contributed by atoms with Gasteiger partial charge in [0.1, 0.15) is 18.6 Å². The molecule has 8 N–H and O–H groups in total. The molecule has 0 spiro atoms. The third-order valence-electron chi connectivity index (χ3n) is 6.14. The number of hydrogen-bond donors (Lipinski definition) is 6. The first-order chi connectivity index (χ1) is 17.7. The van der Waals surface area contributed by atoms with Gasteiger partial charge in [0.25, 0.3) is 0 Å². The van der Waals surface area contributed by atoms with Crippen LogP contribution in [0.1, 0.15) is 72.6 Å². The second kappa shape index (κ2) is 17.5. The van der Waals surface area contributed by atoms with Crippen LogP contribution in [0.5, 0.6) is 0 Å². The minimum atomic E-state index is -1.17. The van der Waals surface area contributed by atoms with Crippen molar-refractivity contribution in [3.63, 3.8) is 0 Å². The van der Waals surface area contributed by atoms with E-state index in [1.54, 1.807) is 27.7 Å². The molecule has 0 aromatic rings. The van der Waals surface area contributed by atoms with Crippen LogP contribution in [0.3, 0.4) is 0 Å². The van der Waals surface area contributed by atoms with E-state index in [4.69, 9.17) is 16.6 Å². The summed E-state index contributed by atoms with van der Waals surface area (Å²) >= 11 is 0. The highest BCUT2D eigenvalue weighted by Crippen LogP contribution is 2.15. The second-order valence-electron chi connectivity index (χ2n) is 10.3. The van der Waals surface area contributed by atoms with Crippen molar-refractivity contribution in [2.45, 2.75) is 95.8 Å². The van der Waals surface area contributed by atoms with Gasteiger partial charge in [-0.1, -0.05) is 26.0 Å². The van der Waals surface area contributed by atoms with Crippen molar-refractivity contribution in [1.82, 2.24) is 16.0 Å².